The van der Waals surface area contributed by atoms with E-state index in [4.69, 9.17) is 17.5 Å². The molecule has 0 aliphatic carbocycles. The predicted molar refractivity (Wildman–Crippen MR) is 10.5 cm³/mol. The van der Waals surface area contributed by atoms with E-state index < -0.39 is 10.4 Å². The van der Waals surface area contributed by atoms with Gasteiger partial charge in [0.05, 0.1) is 0 Å². The van der Waals surface area contributed by atoms with E-state index in [2.05, 4.69) is 0 Å². The van der Waals surface area contributed by atoms with E-state index in [1.165, 1.54) is 0 Å². The average Bonchev–Trinajstić information content (AvgIpc) is 0.722. The van der Waals surface area contributed by atoms with Crippen LogP contribution in [-0.2, 0) is 45.1 Å². The van der Waals surface area contributed by atoms with Crippen molar-refractivity contribution in [2.45, 2.75) is 0 Å². The van der Waals surface area contributed by atoms with Gasteiger partial charge in [0.15, 0.2) is 0 Å². The molecule has 0 spiro atoms. The molecular weight excluding hydrogens is 236 g/mol. The van der Waals surface area contributed by atoms with Crippen LogP contribution >= 0.6 is 0 Å². The van der Waals surface area contributed by atoms with Gasteiger partial charge in [-0.3, -0.25) is 8.42 Å². The summed E-state index contributed by atoms with van der Waals surface area (Å²) < 4.78 is 34.1. The molecular formula is ClCr2O4S+. The van der Waals surface area contributed by atoms with Gasteiger partial charge in [-0.1, -0.05) is 0 Å². The summed E-state index contributed by atoms with van der Waals surface area (Å²) in [6.45, 7) is 0. The first-order chi connectivity index (χ1) is 2.00. The molecule has 0 amide bonds. The third-order valence-corrected chi connectivity index (χ3v) is 0. The van der Waals surface area contributed by atoms with Gasteiger partial charge in [0.2, 0.25) is 0 Å². The molecule has 8 heteroatoms. The molecule has 48 valence electrons. The molecule has 0 saturated heterocycles. The third-order valence-electron chi connectivity index (χ3n) is 0. The summed E-state index contributed by atoms with van der Waals surface area (Å²) in [6.07, 6.45) is 0. The normalized spacial score (nSPS) is 7.25. The zero-order valence-corrected chi connectivity index (χ0v) is 7.36. The molecule has 0 bridgehead atoms. The van der Waals surface area contributed by atoms with Crippen molar-refractivity contribution in [3.63, 3.8) is 0 Å². The van der Waals surface area contributed by atoms with E-state index in [1.807, 2.05) is 0 Å². The quantitative estimate of drug-likeness (QED) is 0.314. The summed E-state index contributed by atoms with van der Waals surface area (Å²) in [5.74, 6) is 0. The van der Waals surface area contributed by atoms with Gasteiger partial charge < -0.3 is 21.5 Å². The largest absolute Gasteiger partial charge is 2.00 e. The van der Waals surface area contributed by atoms with E-state index in [1.54, 1.807) is 0 Å². The van der Waals surface area contributed by atoms with Crippen molar-refractivity contribution in [2.75, 3.05) is 0 Å². The molecule has 0 aliphatic heterocycles. The maximum Gasteiger partial charge on any atom is 2.00 e. The van der Waals surface area contributed by atoms with Crippen molar-refractivity contribution in [1.82, 2.24) is 0 Å². The fourth-order valence-electron chi connectivity index (χ4n) is 0. The van der Waals surface area contributed by atoms with E-state index in [9.17, 15) is 0 Å². The van der Waals surface area contributed by atoms with E-state index >= 15 is 0 Å². The smallest absolute Gasteiger partial charge is 1.00 e. The Kier molecular flexibility index (Phi) is 23.5. The fourth-order valence-corrected chi connectivity index (χ4v) is 0. The van der Waals surface area contributed by atoms with Crippen LogP contribution in [0.15, 0.2) is 0 Å². The van der Waals surface area contributed by atoms with Crippen LogP contribution < -0.4 is 12.4 Å². The molecule has 0 aromatic rings. The minimum absolute atomic E-state index is 0. The van der Waals surface area contributed by atoms with Crippen molar-refractivity contribution in [3.8, 4) is 0 Å². The fraction of sp³-hybridized carbons (Fsp3) is 0. The molecule has 0 aromatic carbocycles. The minimum atomic E-state index is -5.17. The Morgan fingerprint density at radius 2 is 1.00 bits per heavy atom. The number of hydrogen-bond acceptors (Lipinski definition) is 4. The molecule has 0 rings (SSSR count). The number of rotatable bonds is 0. The average molecular weight is 236 g/mol. The Morgan fingerprint density at radius 1 is 1.00 bits per heavy atom. The first-order valence-electron chi connectivity index (χ1n) is 0.667. The van der Waals surface area contributed by atoms with Crippen LogP contribution in [0.25, 0.3) is 0 Å². The molecule has 0 radical (unpaired) electrons. The second-order valence-electron chi connectivity index (χ2n) is 0.408. The van der Waals surface area contributed by atoms with Crippen LogP contribution in [0.3, 0.4) is 0 Å². The van der Waals surface area contributed by atoms with Gasteiger partial charge in [-0.15, -0.1) is 0 Å². The summed E-state index contributed by atoms with van der Waals surface area (Å²) in [7, 11) is -5.17. The predicted octanol–water partition coefficient (Wildman–Crippen LogP) is -4.34. The van der Waals surface area contributed by atoms with Crippen molar-refractivity contribution in [2.24, 2.45) is 0 Å². The maximum atomic E-state index is 8.52. The van der Waals surface area contributed by atoms with Crippen molar-refractivity contribution < 1.29 is 64.7 Å². The van der Waals surface area contributed by atoms with Gasteiger partial charge >= 0.3 is 34.7 Å². The van der Waals surface area contributed by atoms with Crippen molar-refractivity contribution >= 4 is 10.4 Å². The Labute approximate surface area is 74.9 Å². The first kappa shape index (κ1) is 22.9. The molecule has 0 unspecified atom stereocenters. The first-order valence-corrected chi connectivity index (χ1v) is 2.00. The Balaban J connectivity index is -0.0000000267. The van der Waals surface area contributed by atoms with Gasteiger partial charge in [0, 0.05) is 10.4 Å². The summed E-state index contributed by atoms with van der Waals surface area (Å²) in [6, 6.07) is 0. The Hall–Kier alpha value is 1.22. The molecule has 0 aliphatic rings. The van der Waals surface area contributed by atoms with Gasteiger partial charge in [0.25, 0.3) is 0 Å². The molecule has 0 atom stereocenters. The summed E-state index contributed by atoms with van der Waals surface area (Å²) in [5.41, 5.74) is 0. The van der Waals surface area contributed by atoms with Crippen LogP contribution in [0.4, 0.5) is 0 Å². The van der Waals surface area contributed by atoms with Gasteiger partial charge in [-0.2, -0.15) is 0 Å². The van der Waals surface area contributed by atoms with E-state index in [0.717, 1.165) is 0 Å². The monoisotopic (exact) mass is 235 g/mol. The van der Waals surface area contributed by atoms with Crippen molar-refractivity contribution in [3.05, 3.63) is 0 Å². The second kappa shape index (κ2) is 8.22. The molecule has 0 saturated carbocycles. The third kappa shape index (κ3) is 187. The summed E-state index contributed by atoms with van der Waals surface area (Å²) >= 11 is 0. The molecule has 0 fully saturated rings. The van der Waals surface area contributed by atoms with Crippen LogP contribution in [-0.4, -0.2) is 17.5 Å². The molecule has 8 heavy (non-hydrogen) atoms. The van der Waals surface area contributed by atoms with Crippen LogP contribution in [0.5, 0.6) is 0 Å². The van der Waals surface area contributed by atoms with Crippen LogP contribution in [0.2, 0.25) is 0 Å². The minimum Gasteiger partial charge on any atom is -1.00 e. The second-order valence-corrected chi connectivity index (χ2v) is 1.22. The number of halogens is 1. The molecule has 0 N–H and O–H groups in total. The van der Waals surface area contributed by atoms with Gasteiger partial charge in [-0.05, 0) is 0 Å². The van der Waals surface area contributed by atoms with E-state index in [-0.39, 0.29) is 47.1 Å². The Bertz CT molecular complexity index is 97.2. The van der Waals surface area contributed by atoms with Crippen LogP contribution in [0, 0.1) is 0 Å². The zero-order chi connectivity index (χ0) is 4.50. The van der Waals surface area contributed by atoms with Gasteiger partial charge in [-0.25, -0.2) is 0 Å². The topological polar surface area (TPSA) is 80.3 Å². The summed E-state index contributed by atoms with van der Waals surface area (Å²) in [5, 5.41) is 0. The SMILES string of the molecule is O=S(=O)([O-])[O-].[Cl-].[Cr+2].[Cr+2]. The van der Waals surface area contributed by atoms with E-state index in [0.29, 0.717) is 0 Å². The molecule has 0 heterocycles. The zero-order valence-electron chi connectivity index (χ0n) is 3.24. The molecule has 4 nitrogen and oxygen atoms in total. The maximum absolute atomic E-state index is 8.52. The standard InChI is InChI=1S/ClH.2Cr.H2O4S/c;;;1-5(2,3)4/h1H;;;(H2,1,2,3,4)/q;2*+2;/p-3. The Morgan fingerprint density at radius 3 is 1.00 bits per heavy atom. The number of hydrogen-bond donors (Lipinski definition) is 0. The van der Waals surface area contributed by atoms with Crippen LogP contribution in [0.1, 0.15) is 0 Å². The summed E-state index contributed by atoms with van der Waals surface area (Å²) in [4.78, 5) is 0. The van der Waals surface area contributed by atoms with Crippen molar-refractivity contribution in [1.29, 1.82) is 0 Å². The van der Waals surface area contributed by atoms with Gasteiger partial charge in [0.1, 0.15) is 0 Å². The molecule has 0 aromatic heterocycles.